The van der Waals surface area contributed by atoms with Gasteiger partial charge in [-0.1, -0.05) is 6.92 Å². The number of carboxylic acid groups (broad SMARTS) is 1. The molecule has 0 aliphatic rings. The Bertz CT molecular complexity index is 435. The Hall–Kier alpha value is -1.85. The van der Waals surface area contributed by atoms with Crippen molar-refractivity contribution in [2.75, 3.05) is 11.9 Å². The topological polar surface area (TPSA) is 84.3 Å². The van der Waals surface area contributed by atoms with E-state index in [1.54, 1.807) is 13.0 Å². The number of ether oxygens (including phenoxy) is 1. The Balaban J connectivity index is 2.58. The maximum atomic E-state index is 10.7. The van der Waals surface area contributed by atoms with Crippen molar-refractivity contribution >= 4 is 11.9 Å². The fourth-order valence-electron chi connectivity index (χ4n) is 1.44. The van der Waals surface area contributed by atoms with E-state index in [9.17, 15) is 4.79 Å². The first-order chi connectivity index (χ1) is 8.88. The zero-order chi connectivity index (χ0) is 14.4. The van der Waals surface area contributed by atoms with Gasteiger partial charge in [0.1, 0.15) is 0 Å². The summed E-state index contributed by atoms with van der Waals surface area (Å²) in [5, 5.41) is 11.8. The third-order valence-corrected chi connectivity index (χ3v) is 2.47. The highest BCUT2D eigenvalue weighted by molar-refractivity contribution is 5.69. The van der Waals surface area contributed by atoms with Crippen LogP contribution in [0.5, 0.6) is 5.88 Å². The number of aliphatic carboxylic acids is 1. The molecule has 0 spiro atoms. The summed E-state index contributed by atoms with van der Waals surface area (Å²) in [7, 11) is 0. The van der Waals surface area contributed by atoms with Gasteiger partial charge >= 0.3 is 5.97 Å². The highest BCUT2D eigenvalue weighted by Crippen LogP contribution is 2.13. The van der Waals surface area contributed by atoms with Crippen LogP contribution in [0.4, 0.5) is 5.95 Å². The van der Waals surface area contributed by atoms with Crippen LogP contribution in [0.25, 0.3) is 0 Å². The van der Waals surface area contributed by atoms with Gasteiger partial charge in [-0.15, -0.1) is 0 Å². The standard InChI is InChI=1S/C13H21N3O3/c1-8(2)19-11-7-10(4)15-13(16-11)14-6-5-9(3)12(17)18/h7-9H,5-6H2,1-4H3,(H,17,18)(H,14,15,16). The van der Waals surface area contributed by atoms with Crippen LogP contribution in [-0.4, -0.2) is 33.7 Å². The zero-order valence-corrected chi connectivity index (χ0v) is 11.8. The van der Waals surface area contributed by atoms with Crippen molar-refractivity contribution in [3.05, 3.63) is 11.8 Å². The SMILES string of the molecule is Cc1cc(OC(C)C)nc(NCCC(C)C(=O)O)n1. The van der Waals surface area contributed by atoms with Crippen LogP contribution >= 0.6 is 0 Å². The Morgan fingerprint density at radius 3 is 2.68 bits per heavy atom. The van der Waals surface area contributed by atoms with E-state index in [2.05, 4.69) is 15.3 Å². The predicted molar refractivity (Wildman–Crippen MR) is 72.4 cm³/mol. The normalized spacial score (nSPS) is 12.3. The molecule has 2 N–H and O–H groups in total. The smallest absolute Gasteiger partial charge is 0.306 e. The van der Waals surface area contributed by atoms with E-state index in [-0.39, 0.29) is 12.0 Å². The number of anilines is 1. The van der Waals surface area contributed by atoms with E-state index in [1.165, 1.54) is 0 Å². The number of carbonyl (C=O) groups is 1. The maximum absolute atomic E-state index is 10.7. The van der Waals surface area contributed by atoms with Crippen LogP contribution in [-0.2, 0) is 4.79 Å². The Morgan fingerprint density at radius 1 is 1.42 bits per heavy atom. The number of rotatable bonds is 7. The lowest BCUT2D eigenvalue weighted by molar-refractivity contribution is -0.141. The van der Waals surface area contributed by atoms with Crippen molar-refractivity contribution in [1.29, 1.82) is 0 Å². The number of aromatic nitrogens is 2. The molecule has 0 radical (unpaired) electrons. The van der Waals surface area contributed by atoms with E-state index in [4.69, 9.17) is 9.84 Å². The summed E-state index contributed by atoms with van der Waals surface area (Å²) < 4.78 is 5.52. The van der Waals surface area contributed by atoms with Crippen molar-refractivity contribution in [3.8, 4) is 5.88 Å². The van der Waals surface area contributed by atoms with Gasteiger partial charge in [0, 0.05) is 18.3 Å². The van der Waals surface area contributed by atoms with Gasteiger partial charge in [0.05, 0.1) is 12.0 Å². The molecule has 0 aliphatic carbocycles. The molecule has 0 aromatic carbocycles. The van der Waals surface area contributed by atoms with Gasteiger partial charge in [-0.2, -0.15) is 4.98 Å². The molecule has 19 heavy (non-hydrogen) atoms. The minimum atomic E-state index is -0.796. The van der Waals surface area contributed by atoms with E-state index in [0.29, 0.717) is 24.8 Å². The summed E-state index contributed by atoms with van der Waals surface area (Å²) in [5.41, 5.74) is 0.805. The summed E-state index contributed by atoms with van der Waals surface area (Å²) in [4.78, 5) is 19.1. The second kappa shape index (κ2) is 6.92. The quantitative estimate of drug-likeness (QED) is 0.787. The second-order valence-corrected chi connectivity index (χ2v) is 4.79. The highest BCUT2D eigenvalue weighted by Gasteiger charge is 2.10. The molecule has 6 nitrogen and oxygen atoms in total. The van der Waals surface area contributed by atoms with E-state index < -0.39 is 5.97 Å². The first-order valence-electron chi connectivity index (χ1n) is 6.37. The highest BCUT2D eigenvalue weighted by atomic mass is 16.5. The number of hydrogen-bond acceptors (Lipinski definition) is 5. The average Bonchev–Trinajstić information content (AvgIpc) is 2.26. The molecule has 0 bridgehead atoms. The van der Waals surface area contributed by atoms with Crippen LogP contribution in [0.2, 0.25) is 0 Å². The van der Waals surface area contributed by atoms with Crippen molar-refractivity contribution < 1.29 is 14.6 Å². The molecule has 0 amide bonds. The van der Waals surface area contributed by atoms with Crippen LogP contribution in [0.3, 0.4) is 0 Å². The fraction of sp³-hybridized carbons (Fsp3) is 0.615. The summed E-state index contributed by atoms with van der Waals surface area (Å²) in [5.74, 6) is -0.191. The molecule has 0 aliphatic heterocycles. The summed E-state index contributed by atoms with van der Waals surface area (Å²) in [6, 6.07) is 1.77. The van der Waals surface area contributed by atoms with Gasteiger partial charge in [-0.3, -0.25) is 4.79 Å². The van der Waals surface area contributed by atoms with Gasteiger partial charge in [-0.25, -0.2) is 4.98 Å². The van der Waals surface area contributed by atoms with Gasteiger partial charge in [0.15, 0.2) is 0 Å². The molecule has 6 heteroatoms. The number of carboxylic acids is 1. The lowest BCUT2D eigenvalue weighted by atomic mass is 10.1. The molecule has 1 rings (SSSR count). The molecule has 1 aromatic rings. The molecule has 0 saturated carbocycles. The lowest BCUT2D eigenvalue weighted by Gasteiger charge is -2.12. The molecular formula is C13H21N3O3. The van der Waals surface area contributed by atoms with Gasteiger partial charge < -0.3 is 15.2 Å². The summed E-state index contributed by atoms with van der Waals surface area (Å²) in [6.07, 6.45) is 0.571. The Kier molecular flexibility index (Phi) is 5.54. The minimum Gasteiger partial charge on any atom is -0.481 e. The second-order valence-electron chi connectivity index (χ2n) is 4.79. The molecule has 0 saturated heterocycles. The van der Waals surface area contributed by atoms with E-state index in [1.807, 2.05) is 20.8 Å². The number of nitrogens with zero attached hydrogens (tertiary/aromatic N) is 2. The van der Waals surface area contributed by atoms with Crippen LogP contribution < -0.4 is 10.1 Å². The molecule has 106 valence electrons. The van der Waals surface area contributed by atoms with Gasteiger partial charge in [0.25, 0.3) is 0 Å². The summed E-state index contributed by atoms with van der Waals surface area (Å²) in [6.45, 7) is 7.91. The minimum absolute atomic E-state index is 0.0502. The number of hydrogen-bond donors (Lipinski definition) is 2. The first-order valence-corrected chi connectivity index (χ1v) is 6.37. The zero-order valence-electron chi connectivity index (χ0n) is 11.8. The Morgan fingerprint density at radius 2 is 2.11 bits per heavy atom. The maximum Gasteiger partial charge on any atom is 0.306 e. The average molecular weight is 267 g/mol. The van der Waals surface area contributed by atoms with Gasteiger partial charge in [0.2, 0.25) is 11.8 Å². The number of aryl methyl sites for hydroxylation is 1. The first kappa shape index (κ1) is 15.2. The summed E-state index contributed by atoms with van der Waals surface area (Å²) >= 11 is 0. The van der Waals surface area contributed by atoms with Crippen molar-refractivity contribution in [2.24, 2.45) is 5.92 Å². The molecule has 1 aromatic heterocycles. The van der Waals surface area contributed by atoms with Crippen LogP contribution in [0, 0.1) is 12.8 Å². The van der Waals surface area contributed by atoms with Gasteiger partial charge in [-0.05, 0) is 27.2 Å². The monoisotopic (exact) mass is 267 g/mol. The van der Waals surface area contributed by atoms with Crippen LogP contribution in [0.15, 0.2) is 6.07 Å². The van der Waals surface area contributed by atoms with E-state index >= 15 is 0 Å². The predicted octanol–water partition coefficient (Wildman–Crippen LogP) is 2.09. The molecule has 0 fully saturated rings. The fourth-order valence-corrected chi connectivity index (χ4v) is 1.44. The third-order valence-electron chi connectivity index (χ3n) is 2.47. The van der Waals surface area contributed by atoms with E-state index in [0.717, 1.165) is 5.69 Å². The molecular weight excluding hydrogens is 246 g/mol. The van der Waals surface area contributed by atoms with Crippen LogP contribution in [0.1, 0.15) is 32.9 Å². The van der Waals surface area contributed by atoms with Crippen molar-refractivity contribution in [2.45, 2.75) is 40.2 Å². The Labute approximate surface area is 113 Å². The van der Waals surface area contributed by atoms with Crippen molar-refractivity contribution in [1.82, 2.24) is 9.97 Å². The molecule has 1 unspecified atom stereocenters. The molecule has 1 atom stereocenters. The largest absolute Gasteiger partial charge is 0.481 e. The lowest BCUT2D eigenvalue weighted by Crippen LogP contribution is -2.16. The molecule has 1 heterocycles. The third kappa shape index (κ3) is 5.54. The van der Waals surface area contributed by atoms with Crippen molar-refractivity contribution in [3.63, 3.8) is 0 Å². The number of nitrogens with one attached hydrogen (secondary N) is 1.